The van der Waals surface area contributed by atoms with Crippen LogP contribution in [0.4, 0.5) is 0 Å². The largest absolute Gasteiger partial charge is 0.161 e. The van der Waals surface area contributed by atoms with E-state index >= 15 is 0 Å². The molecule has 0 heterocycles. The fraction of sp³-hybridized carbons (Fsp3) is 0.385. The lowest BCUT2D eigenvalue weighted by Crippen LogP contribution is -2.16. The van der Waals surface area contributed by atoms with Crippen LogP contribution in [-0.2, 0) is 5.75 Å². The summed E-state index contributed by atoms with van der Waals surface area (Å²) in [4.78, 5) is 0. The smallest absolute Gasteiger partial charge is 0.129 e. The highest BCUT2D eigenvalue weighted by Crippen LogP contribution is 2.11. The van der Waals surface area contributed by atoms with Crippen LogP contribution in [0.3, 0.4) is 0 Å². The molecule has 0 bridgehead atoms. The molecule has 0 unspecified atom stereocenters. The summed E-state index contributed by atoms with van der Waals surface area (Å²) in [6.45, 7) is 6.81. The molecule has 1 aromatic carbocycles. The van der Waals surface area contributed by atoms with Gasteiger partial charge in [-0.3, -0.25) is 0 Å². The molecule has 0 saturated carbocycles. The number of thioether (sulfide) groups is 1. The Morgan fingerprint density at radius 1 is 1.27 bits per heavy atom. The summed E-state index contributed by atoms with van der Waals surface area (Å²) in [6.07, 6.45) is 2.13. The third-order valence-electron chi connectivity index (χ3n) is 1.82. The molecule has 1 aromatic rings. The maximum atomic E-state index is 3.39. The van der Waals surface area contributed by atoms with Crippen molar-refractivity contribution in [3.63, 3.8) is 0 Å². The highest BCUT2D eigenvalue weighted by molar-refractivity contribution is 7.97. The summed E-state index contributed by atoms with van der Waals surface area (Å²) in [5, 5.41) is 0. The molecule has 0 nitrogen and oxygen atoms in total. The molecule has 0 radical (unpaired) electrons. The van der Waals surface area contributed by atoms with Crippen molar-refractivity contribution in [3.8, 4) is 11.5 Å². The first-order valence-corrected chi connectivity index (χ1v) is 10.0. The third-order valence-corrected chi connectivity index (χ3v) is 3.32. The predicted octanol–water partition coefficient (Wildman–Crippen LogP) is 3.78. The minimum atomic E-state index is -1.24. The number of hydrogen-bond donors (Lipinski definition) is 0. The number of rotatable bonds is 2. The monoisotopic (exact) mass is 234 g/mol. The first kappa shape index (κ1) is 12.4. The quantitative estimate of drug-likeness (QED) is 0.554. The molecule has 0 aliphatic heterocycles. The highest BCUT2D eigenvalue weighted by atomic mass is 32.2. The maximum absolute atomic E-state index is 3.39. The van der Waals surface area contributed by atoms with Gasteiger partial charge in [0.25, 0.3) is 0 Å². The SMILES string of the molecule is CSCc1cccc(C#C[Si](C)(C)C)c1. The van der Waals surface area contributed by atoms with Crippen LogP contribution in [0.1, 0.15) is 11.1 Å². The van der Waals surface area contributed by atoms with Gasteiger partial charge in [0.2, 0.25) is 0 Å². The second-order valence-electron chi connectivity index (χ2n) is 4.63. The first-order chi connectivity index (χ1) is 7.01. The summed E-state index contributed by atoms with van der Waals surface area (Å²) < 4.78 is 0. The van der Waals surface area contributed by atoms with Crippen molar-refractivity contribution in [1.29, 1.82) is 0 Å². The van der Waals surface area contributed by atoms with Crippen LogP contribution in [-0.4, -0.2) is 14.3 Å². The normalized spacial score (nSPS) is 10.7. The van der Waals surface area contributed by atoms with Crippen molar-refractivity contribution in [3.05, 3.63) is 35.4 Å². The molecule has 1 rings (SSSR count). The molecule has 0 aromatic heterocycles. The molecule has 0 aliphatic carbocycles. The molecule has 0 aliphatic rings. The summed E-state index contributed by atoms with van der Waals surface area (Å²) in [5.41, 5.74) is 5.91. The van der Waals surface area contributed by atoms with Crippen LogP contribution in [0.2, 0.25) is 19.6 Å². The minimum absolute atomic E-state index is 1.07. The third kappa shape index (κ3) is 5.11. The Hall–Kier alpha value is -0.653. The van der Waals surface area contributed by atoms with Crippen molar-refractivity contribution in [2.24, 2.45) is 0 Å². The van der Waals surface area contributed by atoms with Crippen LogP contribution in [0.15, 0.2) is 24.3 Å². The van der Waals surface area contributed by atoms with Gasteiger partial charge in [0.15, 0.2) is 0 Å². The van der Waals surface area contributed by atoms with Gasteiger partial charge in [-0.15, -0.1) is 5.54 Å². The molecule has 0 saturated heterocycles. The van der Waals surface area contributed by atoms with Crippen molar-refractivity contribution < 1.29 is 0 Å². The molecule has 0 N–H and O–H groups in total. The van der Waals surface area contributed by atoms with Crippen molar-refractivity contribution in [2.45, 2.75) is 25.4 Å². The van der Waals surface area contributed by atoms with Gasteiger partial charge in [-0.1, -0.05) is 37.7 Å². The molecule has 0 amide bonds. The molecule has 80 valence electrons. The zero-order valence-corrected chi connectivity index (χ0v) is 11.7. The van der Waals surface area contributed by atoms with Crippen LogP contribution in [0.5, 0.6) is 0 Å². The van der Waals surface area contributed by atoms with Gasteiger partial charge in [0.05, 0.1) is 0 Å². The van der Waals surface area contributed by atoms with Crippen molar-refractivity contribution in [2.75, 3.05) is 6.26 Å². The number of benzene rings is 1. The van der Waals surface area contributed by atoms with Gasteiger partial charge in [-0.25, -0.2) is 0 Å². The Labute approximate surface area is 98.5 Å². The van der Waals surface area contributed by atoms with Gasteiger partial charge in [-0.2, -0.15) is 11.8 Å². The lowest BCUT2D eigenvalue weighted by molar-refractivity contribution is 1.41. The Kier molecular flexibility index (Phi) is 4.50. The van der Waals surface area contributed by atoms with Gasteiger partial charge < -0.3 is 0 Å². The van der Waals surface area contributed by atoms with E-state index in [1.165, 1.54) is 5.56 Å². The molecular weight excluding hydrogens is 216 g/mol. The molecule has 15 heavy (non-hydrogen) atoms. The standard InChI is InChI=1S/C13H18SSi/c1-14-11-13-7-5-6-12(10-13)8-9-15(2,3)4/h5-7,10H,11H2,1-4H3. The summed E-state index contributed by atoms with van der Waals surface area (Å²) in [5.74, 6) is 4.36. The van der Waals surface area contributed by atoms with Gasteiger partial charge >= 0.3 is 0 Å². The van der Waals surface area contributed by atoms with E-state index in [9.17, 15) is 0 Å². The second kappa shape index (κ2) is 5.44. The average molecular weight is 234 g/mol. The molecular formula is C13H18SSi. The fourth-order valence-corrected chi connectivity index (χ4v) is 2.20. The fourth-order valence-electron chi connectivity index (χ4n) is 1.17. The zero-order valence-electron chi connectivity index (χ0n) is 9.92. The highest BCUT2D eigenvalue weighted by Gasteiger charge is 2.07. The topological polar surface area (TPSA) is 0 Å². The molecule has 2 heteroatoms. The van der Waals surface area contributed by atoms with Gasteiger partial charge in [-0.05, 0) is 24.0 Å². The Balaban J connectivity index is 2.85. The maximum Gasteiger partial charge on any atom is 0.129 e. The van der Waals surface area contributed by atoms with Crippen LogP contribution < -0.4 is 0 Å². The van der Waals surface area contributed by atoms with Crippen LogP contribution in [0, 0.1) is 11.5 Å². The predicted molar refractivity (Wildman–Crippen MR) is 73.9 cm³/mol. The van der Waals surface area contributed by atoms with Crippen molar-refractivity contribution >= 4 is 19.8 Å². The summed E-state index contributed by atoms with van der Waals surface area (Å²) in [7, 11) is -1.24. The van der Waals surface area contributed by atoms with E-state index in [4.69, 9.17) is 0 Å². The molecule has 0 fully saturated rings. The van der Waals surface area contributed by atoms with Crippen LogP contribution >= 0.6 is 11.8 Å². The van der Waals surface area contributed by atoms with Gasteiger partial charge in [0.1, 0.15) is 8.07 Å². The van der Waals surface area contributed by atoms with E-state index in [-0.39, 0.29) is 0 Å². The van der Waals surface area contributed by atoms with E-state index < -0.39 is 8.07 Å². The van der Waals surface area contributed by atoms with E-state index in [0.29, 0.717) is 0 Å². The Morgan fingerprint density at radius 3 is 2.60 bits per heavy atom. The van der Waals surface area contributed by atoms with Crippen LogP contribution in [0.25, 0.3) is 0 Å². The van der Waals surface area contributed by atoms with E-state index in [1.807, 2.05) is 11.8 Å². The van der Waals surface area contributed by atoms with E-state index in [2.05, 4.69) is 61.6 Å². The lowest BCUT2D eigenvalue weighted by Gasteiger charge is -2.04. The Bertz CT molecular complexity index is 380. The first-order valence-electron chi connectivity index (χ1n) is 5.12. The molecule has 0 atom stereocenters. The summed E-state index contributed by atoms with van der Waals surface area (Å²) >= 11 is 1.85. The second-order valence-corrected chi connectivity index (χ2v) is 10.2. The average Bonchev–Trinajstić information content (AvgIpc) is 2.15. The minimum Gasteiger partial charge on any atom is -0.161 e. The Morgan fingerprint density at radius 2 is 2.00 bits per heavy atom. The zero-order chi connectivity index (χ0) is 11.3. The van der Waals surface area contributed by atoms with Gasteiger partial charge in [0, 0.05) is 11.3 Å². The van der Waals surface area contributed by atoms with E-state index in [1.54, 1.807) is 0 Å². The number of hydrogen-bond acceptors (Lipinski definition) is 1. The molecule has 0 spiro atoms. The summed E-state index contributed by atoms with van der Waals surface area (Å²) in [6, 6.07) is 8.55. The van der Waals surface area contributed by atoms with Crippen molar-refractivity contribution in [1.82, 2.24) is 0 Å². The lowest BCUT2D eigenvalue weighted by atomic mass is 10.1. The van der Waals surface area contributed by atoms with E-state index in [0.717, 1.165) is 11.3 Å².